The van der Waals surface area contributed by atoms with E-state index in [1.165, 1.54) is 21.3 Å². The summed E-state index contributed by atoms with van der Waals surface area (Å²) in [6.07, 6.45) is 2.09. The summed E-state index contributed by atoms with van der Waals surface area (Å²) in [4.78, 5) is 23.5. The number of halogens is 1. The molecule has 1 aliphatic heterocycles. The summed E-state index contributed by atoms with van der Waals surface area (Å²) in [5, 5.41) is 14.2. The molecule has 1 aliphatic rings. The van der Waals surface area contributed by atoms with Crippen LogP contribution in [0.1, 0.15) is 29.5 Å². The molecule has 0 radical (unpaired) electrons. The molecule has 0 spiro atoms. The maximum atomic E-state index is 14.3. The normalized spacial score (nSPS) is 15.2. The van der Waals surface area contributed by atoms with Crippen LogP contribution >= 0.6 is 13.5 Å². The topological polar surface area (TPSA) is 118 Å². The molecule has 1 aromatic carbocycles. The number of aromatic nitrogens is 5. The molecule has 3 aromatic heterocycles. The Kier molecular flexibility index (Phi) is 5.31. The Balaban J connectivity index is 0.00000245. The lowest BCUT2D eigenvalue weighted by atomic mass is 10.0. The van der Waals surface area contributed by atoms with Crippen LogP contribution in [0, 0.1) is 24.1 Å². The number of para-hydroxylation sites is 1. The summed E-state index contributed by atoms with van der Waals surface area (Å²) in [7, 11) is 0. The van der Waals surface area contributed by atoms with Gasteiger partial charge in [0.05, 0.1) is 17.4 Å². The Bertz CT molecular complexity index is 1430. The third kappa shape index (κ3) is 3.16. The van der Waals surface area contributed by atoms with Crippen LogP contribution in [0.4, 0.5) is 16.2 Å². The molecule has 162 valence electrons. The standard InChI is InChI=1S/C21H17FN8O.H2S/c1-12-14(11-23)18(26-21(24)25-12)28-9-8-16(28)19-27-29-10-7-15(22)17(29)20(31)30(19)13-5-3-2-4-6-13;/h2-7,10,16H,8-9H2,1H3,(H2,24,25,26);1H2/t16-;/m0./s1. The fraction of sp³-hybridized carbons (Fsp3) is 0.190. The number of rotatable bonds is 3. The average Bonchev–Trinajstić information content (AvgIpc) is 3.09. The van der Waals surface area contributed by atoms with Crippen LogP contribution in [-0.2, 0) is 0 Å². The first-order valence-electron chi connectivity index (χ1n) is 9.65. The molecule has 0 unspecified atom stereocenters. The minimum Gasteiger partial charge on any atom is -0.368 e. The van der Waals surface area contributed by atoms with Crippen LogP contribution in [0.25, 0.3) is 11.2 Å². The third-order valence-corrected chi connectivity index (χ3v) is 5.47. The van der Waals surface area contributed by atoms with Crippen molar-refractivity contribution >= 4 is 30.8 Å². The van der Waals surface area contributed by atoms with E-state index < -0.39 is 11.4 Å². The summed E-state index contributed by atoms with van der Waals surface area (Å²) in [6, 6.07) is 11.9. The highest BCUT2D eigenvalue weighted by molar-refractivity contribution is 7.59. The summed E-state index contributed by atoms with van der Waals surface area (Å²) in [5.41, 5.74) is 6.57. The predicted molar refractivity (Wildman–Crippen MR) is 122 cm³/mol. The Hall–Kier alpha value is -3.91. The highest BCUT2D eigenvalue weighted by Gasteiger charge is 2.37. The van der Waals surface area contributed by atoms with Crippen LogP contribution in [0.15, 0.2) is 47.4 Å². The number of hydrogen-bond acceptors (Lipinski definition) is 7. The van der Waals surface area contributed by atoms with Gasteiger partial charge in [0, 0.05) is 12.7 Å². The van der Waals surface area contributed by atoms with Gasteiger partial charge in [0.2, 0.25) is 5.95 Å². The van der Waals surface area contributed by atoms with E-state index in [1.54, 1.807) is 31.2 Å². The van der Waals surface area contributed by atoms with Crippen molar-refractivity contribution in [1.82, 2.24) is 24.1 Å². The van der Waals surface area contributed by atoms with Crippen LogP contribution in [0.3, 0.4) is 0 Å². The molecule has 2 N–H and O–H groups in total. The van der Waals surface area contributed by atoms with Crippen LogP contribution < -0.4 is 16.2 Å². The molecule has 0 saturated carbocycles. The molecule has 4 aromatic rings. The van der Waals surface area contributed by atoms with Gasteiger partial charge in [0.15, 0.2) is 23.0 Å². The fourth-order valence-corrected chi connectivity index (χ4v) is 3.92. The van der Waals surface area contributed by atoms with E-state index in [4.69, 9.17) is 5.73 Å². The quantitative estimate of drug-likeness (QED) is 0.508. The van der Waals surface area contributed by atoms with Crippen LogP contribution in [0.2, 0.25) is 0 Å². The largest absolute Gasteiger partial charge is 0.368 e. The van der Waals surface area contributed by atoms with Gasteiger partial charge in [-0.15, -0.1) is 0 Å². The lowest BCUT2D eigenvalue weighted by Gasteiger charge is -2.42. The van der Waals surface area contributed by atoms with E-state index >= 15 is 0 Å². The molecule has 32 heavy (non-hydrogen) atoms. The molecule has 11 heteroatoms. The van der Waals surface area contributed by atoms with E-state index in [0.717, 1.165) is 0 Å². The van der Waals surface area contributed by atoms with Gasteiger partial charge in [-0.25, -0.2) is 13.9 Å². The molecule has 1 atom stereocenters. The number of nitrogen functional groups attached to an aromatic ring is 1. The molecule has 1 fully saturated rings. The average molecular weight is 451 g/mol. The van der Waals surface area contributed by atoms with Crippen molar-refractivity contribution in [2.45, 2.75) is 19.4 Å². The van der Waals surface area contributed by atoms with Gasteiger partial charge in [-0.1, -0.05) is 18.2 Å². The summed E-state index contributed by atoms with van der Waals surface area (Å²) in [6.45, 7) is 2.29. The van der Waals surface area contributed by atoms with Crippen molar-refractivity contribution in [3.8, 4) is 11.8 Å². The Morgan fingerprint density at radius 3 is 2.62 bits per heavy atom. The summed E-state index contributed by atoms with van der Waals surface area (Å²) in [5.74, 6) is 0.249. The van der Waals surface area contributed by atoms with Crippen molar-refractivity contribution in [2.75, 3.05) is 17.2 Å². The second-order valence-corrected chi connectivity index (χ2v) is 7.27. The summed E-state index contributed by atoms with van der Waals surface area (Å²) < 4.78 is 17.0. The molecule has 4 heterocycles. The minimum atomic E-state index is -0.634. The number of nitriles is 1. The summed E-state index contributed by atoms with van der Waals surface area (Å²) >= 11 is 0. The van der Waals surface area contributed by atoms with Crippen LogP contribution in [0.5, 0.6) is 0 Å². The highest BCUT2D eigenvalue weighted by Crippen LogP contribution is 2.38. The predicted octanol–water partition coefficient (Wildman–Crippen LogP) is 2.24. The lowest BCUT2D eigenvalue weighted by molar-refractivity contribution is 0.422. The second-order valence-electron chi connectivity index (χ2n) is 7.27. The van der Waals surface area contributed by atoms with E-state index in [0.29, 0.717) is 41.6 Å². The zero-order valence-corrected chi connectivity index (χ0v) is 18.0. The van der Waals surface area contributed by atoms with E-state index in [9.17, 15) is 14.4 Å². The molecule has 1 saturated heterocycles. The number of benzene rings is 1. The molecular formula is C21H19FN8OS. The van der Waals surface area contributed by atoms with Gasteiger partial charge in [-0.2, -0.15) is 28.8 Å². The molecule has 0 bridgehead atoms. The number of aryl methyl sites for hydroxylation is 1. The number of fused-ring (bicyclic) bond motifs is 1. The SMILES string of the molecule is Cc1nc(N)nc(N2CC[C@H]2c2nn3ccc(F)c3c(=O)n2-c2ccccc2)c1C#N.S. The lowest BCUT2D eigenvalue weighted by Crippen LogP contribution is -2.45. The van der Waals surface area contributed by atoms with Crippen molar-refractivity contribution in [2.24, 2.45) is 0 Å². The van der Waals surface area contributed by atoms with E-state index in [1.807, 2.05) is 11.0 Å². The number of nitrogens with zero attached hydrogens (tertiary/aromatic N) is 7. The van der Waals surface area contributed by atoms with Gasteiger partial charge in [-0.3, -0.25) is 9.36 Å². The number of anilines is 2. The number of nitrogens with two attached hydrogens (primary N) is 1. The van der Waals surface area contributed by atoms with Gasteiger partial charge in [0.1, 0.15) is 11.6 Å². The van der Waals surface area contributed by atoms with Crippen molar-refractivity contribution in [3.05, 3.63) is 75.8 Å². The molecule has 5 rings (SSSR count). The van der Waals surface area contributed by atoms with Crippen molar-refractivity contribution in [3.63, 3.8) is 0 Å². The Morgan fingerprint density at radius 1 is 1.22 bits per heavy atom. The fourth-order valence-electron chi connectivity index (χ4n) is 3.92. The van der Waals surface area contributed by atoms with Crippen LogP contribution in [-0.4, -0.2) is 30.7 Å². The minimum absolute atomic E-state index is 0. The smallest absolute Gasteiger partial charge is 0.285 e. The Morgan fingerprint density at radius 2 is 1.97 bits per heavy atom. The monoisotopic (exact) mass is 450 g/mol. The first-order chi connectivity index (χ1) is 15.0. The van der Waals surface area contributed by atoms with E-state index in [2.05, 4.69) is 21.1 Å². The van der Waals surface area contributed by atoms with Gasteiger partial charge >= 0.3 is 0 Å². The first kappa shape index (κ1) is 21.3. The molecule has 0 amide bonds. The highest BCUT2D eigenvalue weighted by atomic mass is 32.1. The first-order valence-corrected chi connectivity index (χ1v) is 9.65. The second kappa shape index (κ2) is 7.97. The van der Waals surface area contributed by atoms with Crippen molar-refractivity contribution < 1.29 is 4.39 Å². The Labute approximate surface area is 189 Å². The molecular weight excluding hydrogens is 431 g/mol. The van der Waals surface area contributed by atoms with Gasteiger partial charge < -0.3 is 10.6 Å². The zero-order chi connectivity index (χ0) is 21.7. The molecule has 9 nitrogen and oxygen atoms in total. The molecule has 0 aliphatic carbocycles. The zero-order valence-electron chi connectivity index (χ0n) is 17.0. The van der Waals surface area contributed by atoms with Crippen molar-refractivity contribution in [1.29, 1.82) is 5.26 Å². The van der Waals surface area contributed by atoms with E-state index in [-0.39, 0.29) is 31.0 Å². The maximum absolute atomic E-state index is 14.3. The number of hydrogen-bond donors (Lipinski definition) is 1. The van der Waals surface area contributed by atoms with Gasteiger partial charge in [0.25, 0.3) is 5.56 Å². The maximum Gasteiger partial charge on any atom is 0.285 e. The third-order valence-electron chi connectivity index (χ3n) is 5.47. The van der Waals surface area contributed by atoms with Gasteiger partial charge in [-0.05, 0) is 31.5 Å².